The normalized spacial score (nSPS) is 14.1. The van der Waals surface area contributed by atoms with Crippen molar-refractivity contribution in [2.45, 2.75) is 141 Å². The van der Waals surface area contributed by atoms with Gasteiger partial charge in [-0.05, 0) is 116 Å². The van der Waals surface area contributed by atoms with E-state index in [1.165, 1.54) is 21.3 Å². The monoisotopic (exact) mass is 997 g/mol. The minimum atomic E-state index is -1.36. The molecule has 3 amide bonds. The van der Waals surface area contributed by atoms with Crippen LogP contribution in [0.2, 0.25) is 0 Å². The van der Waals surface area contributed by atoms with Gasteiger partial charge in [-0.15, -0.1) is 0 Å². The smallest absolute Gasteiger partial charge is 0.407 e. The van der Waals surface area contributed by atoms with Crippen molar-refractivity contribution >= 4 is 40.8 Å². The minimum absolute atomic E-state index is 0.0273. The Morgan fingerprint density at radius 3 is 1.73 bits per heavy atom. The third kappa shape index (κ3) is 16.4. The molecule has 384 valence electrons. The maximum absolute atomic E-state index is 14.8. The highest BCUT2D eigenvalue weighted by Crippen LogP contribution is 2.44. The van der Waals surface area contributed by atoms with Crippen molar-refractivity contribution in [3.8, 4) is 34.1 Å². The maximum Gasteiger partial charge on any atom is 0.407 e. The molecule has 0 aliphatic heterocycles. The van der Waals surface area contributed by atoms with Gasteiger partial charge in [-0.1, -0.05) is 72.4 Å². The quantitative estimate of drug-likeness (QED) is 0.0672. The molecule has 0 unspecified atom stereocenters. The van der Waals surface area contributed by atoms with Crippen LogP contribution in [0.5, 0.6) is 23.0 Å². The first-order chi connectivity index (χ1) is 33.4. The van der Waals surface area contributed by atoms with Gasteiger partial charge in [0.15, 0.2) is 0 Å². The van der Waals surface area contributed by atoms with Crippen molar-refractivity contribution in [1.82, 2.24) is 16.0 Å². The number of thioether (sulfide) groups is 1. The second-order valence-corrected chi connectivity index (χ2v) is 21.3. The van der Waals surface area contributed by atoms with E-state index in [4.69, 9.17) is 33.2 Å². The van der Waals surface area contributed by atoms with Crippen molar-refractivity contribution in [2.24, 2.45) is 0 Å². The average Bonchev–Trinajstić information content (AvgIpc) is 3.62. The zero-order valence-corrected chi connectivity index (χ0v) is 44.1. The molecule has 1 aliphatic carbocycles. The van der Waals surface area contributed by atoms with E-state index in [9.17, 15) is 24.0 Å². The molecule has 4 atom stereocenters. The van der Waals surface area contributed by atoms with Crippen LogP contribution < -0.4 is 34.9 Å². The second kappa shape index (κ2) is 24.2. The van der Waals surface area contributed by atoms with Crippen molar-refractivity contribution in [3.63, 3.8) is 0 Å². The van der Waals surface area contributed by atoms with Crippen LogP contribution in [-0.4, -0.2) is 98.0 Å². The summed E-state index contributed by atoms with van der Waals surface area (Å²) in [6.45, 7) is 18.1. The fourth-order valence-corrected chi connectivity index (χ4v) is 9.17. The number of hydrogen-bond donors (Lipinski definition) is 3. The van der Waals surface area contributed by atoms with Gasteiger partial charge in [0.25, 0.3) is 0 Å². The average molecular weight is 998 g/mol. The lowest BCUT2D eigenvalue weighted by molar-refractivity contribution is -0.155. The molecular formula is C55H71N3O12S. The molecule has 0 aromatic heterocycles. The number of nitrogens with one attached hydrogen (secondary N) is 3. The highest BCUT2D eigenvalue weighted by atomic mass is 32.2. The van der Waals surface area contributed by atoms with Crippen LogP contribution in [0.15, 0.2) is 84.9 Å². The van der Waals surface area contributed by atoms with Crippen LogP contribution in [0.25, 0.3) is 11.1 Å². The summed E-state index contributed by atoms with van der Waals surface area (Å²) in [5, 5.41) is 7.98. The molecule has 0 bridgehead atoms. The van der Waals surface area contributed by atoms with Gasteiger partial charge in [-0.3, -0.25) is 19.2 Å². The Kier molecular flexibility index (Phi) is 19.0. The summed E-state index contributed by atoms with van der Waals surface area (Å²) in [6.07, 6.45) is -2.22. The van der Waals surface area contributed by atoms with Gasteiger partial charge < -0.3 is 49.1 Å². The van der Waals surface area contributed by atoms with Crippen LogP contribution in [0, 0.1) is 0 Å². The number of methoxy groups -OCH3 is 3. The molecule has 1 aliphatic rings. The molecule has 4 aromatic carbocycles. The summed E-state index contributed by atoms with van der Waals surface area (Å²) >= 11 is 0.932. The molecule has 4 aromatic rings. The first kappa shape index (κ1) is 55.7. The molecule has 71 heavy (non-hydrogen) atoms. The number of amides is 3. The zero-order chi connectivity index (χ0) is 52.3. The first-order valence-corrected chi connectivity index (χ1v) is 24.7. The number of esters is 1. The Balaban J connectivity index is 1.43. The van der Waals surface area contributed by atoms with Crippen molar-refractivity contribution in [1.29, 1.82) is 0 Å². The molecule has 16 heteroatoms. The molecule has 3 N–H and O–H groups in total. The summed E-state index contributed by atoms with van der Waals surface area (Å²) < 4.78 is 40.3. The van der Waals surface area contributed by atoms with Gasteiger partial charge >= 0.3 is 12.1 Å². The van der Waals surface area contributed by atoms with E-state index in [2.05, 4.69) is 16.0 Å². The lowest BCUT2D eigenvalue weighted by Gasteiger charge is -2.32. The maximum atomic E-state index is 14.8. The lowest BCUT2D eigenvalue weighted by Crippen LogP contribution is -2.58. The Labute approximate surface area is 422 Å². The SMILES string of the molecule is COc1cc(OC)c(CSC(=O)[C@@H](NC(=O)[C@H](Cc2ccc(OC(C)(C)C)cc2)NC(=O)[C@H](CCC(=O)OC(C)(C)C)NC(=O)OCC2c3ccccc3-c3ccccc32)[C@@H](C)OC(C)(C)C)c(OC)c1. The van der Waals surface area contributed by atoms with Gasteiger partial charge in [0, 0.05) is 42.2 Å². The van der Waals surface area contributed by atoms with E-state index in [0.29, 0.717) is 34.1 Å². The molecule has 0 heterocycles. The summed E-state index contributed by atoms with van der Waals surface area (Å²) in [7, 11) is 4.52. The van der Waals surface area contributed by atoms with E-state index in [1.807, 2.05) is 90.1 Å². The number of carbonyl (C=O) groups is 5. The summed E-state index contributed by atoms with van der Waals surface area (Å²) in [6, 6.07) is 22.4. The summed E-state index contributed by atoms with van der Waals surface area (Å²) in [4.78, 5) is 70.5. The Bertz CT molecular complexity index is 2420. The van der Waals surface area contributed by atoms with Crippen LogP contribution >= 0.6 is 11.8 Å². The Morgan fingerprint density at radius 2 is 1.21 bits per heavy atom. The van der Waals surface area contributed by atoms with Gasteiger partial charge in [-0.2, -0.15) is 0 Å². The molecule has 15 nitrogen and oxygen atoms in total. The number of carbonyl (C=O) groups excluding carboxylic acids is 5. The van der Waals surface area contributed by atoms with Crippen LogP contribution in [0.4, 0.5) is 4.79 Å². The molecule has 0 saturated heterocycles. The number of ether oxygens (including phenoxy) is 7. The Morgan fingerprint density at radius 1 is 0.648 bits per heavy atom. The number of fused-ring (bicyclic) bond motifs is 3. The number of hydrogen-bond acceptors (Lipinski definition) is 13. The van der Waals surface area contributed by atoms with Crippen LogP contribution in [0.1, 0.15) is 110 Å². The highest BCUT2D eigenvalue weighted by Gasteiger charge is 2.36. The van der Waals surface area contributed by atoms with Crippen molar-refractivity contribution < 1.29 is 57.1 Å². The standard InChI is InChI=1S/C55H71N3O12S/c1-33(68-53(2,3)4)48(51(62)71-32-42-45(65-12)29-36(64-11)30-46(42)66-13)58-50(61)44(28-34-22-24-35(25-23-34)69-54(5,6)7)56-49(60)43(26-27-47(59)70-55(8,9)10)57-52(63)67-31-41-39-20-16-14-18-37(39)38-19-15-17-21-40(38)41/h14-25,29-30,33,41,43-44,48H,26-28,31-32H2,1-13H3,(H,56,60)(H,57,63)(H,58,61)/t33-,43+,44+,48+/m1/s1. The van der Waals surface area contributed by atoms with E-state index < -0.39 is 70.0 Å². The van der Waals surface area contributed by atoms with Gasteiger partial charge in [-0.25, -0.2) is 4.79 Å². The third-order valence-corrected chi connectivity index (χ3v) is 12.1. The minimum Gasteiger partial charge on any atom is -0.496 e. The van der Waals surface area contributed by atoms with Crippen LogP contribution in [-0.2, 0) is 45.6 Å². The second-order valence-electron chi connectivity index (χ2n) is 20.3. The van der Waals surface area contributed by atoms with E-state index in [1.54, 1.807) is 64.1 Å². The molecule has 5 rings (SSSR count). The van der Waals surface area contributed by atoms with Gasteiger partial charge in [0.1, 0.15) is 58.9 Å². The highest BCUT2D eigenvalue weighted by molar-refractivity contribution is 8.13. The van der Waals surface area contributed by atoms with E-state index in [-0.39, 0.29) is 37.5 Å². The number of rotatable bonds is 21. The van der Waals surface area contributed by atoms with Gasteiger partial charge in [0.05, 0.1) is 33.0 Å². The topological polar surface area (TPSA) is 186 Å². The molecule has 0 fully saturated rings. The summed E-state index contributed by atoms with van der Waals surface area (Å²) in [5.41, 5.74) is 3.35. The van der Waals surface area contributed by atoms with Crippen molar-refractivity contribution in [3.05, 3.63) is 107 Å². The predicted molar refractivity (Wildman–Crippen MR) is 274 cm³/mol. The molecular weight excluding hydrogens is 927 g/mol. The van der Waals surface area contributed by atoms with E-state index >= 15 is 0 Å². The first-order valence-electron chi connectivity index (χ1n) is 23.7. The molecule has 0 saturated carbocycles. The fraction of sp³-hybridized carbons (Fsp3) is 0.473. The largest absolute Gasteiger partial charge is 0.496 e. The van der Waals surface area contributed by atoms with Crippen molar-refractivity contribution in [2.75, 3.05) is 27.9 Å². The molecule has 0 spiro atoms. The van der Waals surface area contributed by atoms with E-state index in [0.717, 1.165) is 34.0 Å². The lowest BCUT2D eigenvalue weighted by atomic mass is 9.98. The predicted octanol–water partition coefficient (Wildman–Crippen LogP) is 9.09. The summed E-state index contributed by atoms with van der Waals surface area (Å²) in [5.74, 6) is -0.238. The fourth-order valence-electron chi connectivity index (χ4n) is 8.17. The zero-order valence-electron chi connectivity index (χ0n) is 43.3. The molecule has 0 radical (unpaired) electrons. The Hall–Kier alpha value is -6.26. The number of alkyl carbamates (subject to hydrolysis) is 1. The van der Waals surface area contributed by atoms with Gasteiger partial charge in [0.2, 0.25) is 16.9 Å². The third-order valence-electron chi connectivity index (χ3n) is 11.2. The van der Waals surface area contributed by atoms with Crippen LogP contribution in [0.3, 0.4) is 0 Å². The number of benzene rings is 4.